The summed E-state index contributed by atoms with van der Waals surface area (Å²) in [4.78, 5) is 2.45. The van der Waals surface area contributed by atoms with E-state index in [-0.39, 0.29) is 0 Å². The number of rotatable bonds is 2. The Labute approximate surface area is 91.1 Å². The molecule has 1 aliphatic rings. The minimum absolute atomic E-state index is 0.699. The molecule has 0 spiro atoms. The number of nitrogens with zero attached hydrogens (tertiary/aromatic N) is 1. The number of piperidine rings is 1. The molecule has 3 heteroatoms. The Hall–Kier alpha value is -1.22. The molecule has 0 aromatic heterocycles. The highest BCUT2D eigenvalue weighted by atomic mass is 15.1. The van der Waals surface area contributed by atoms with Crippen LogP contribution in [0.15, 0.2) is 18.2 Å². The van der Waals surface area contributed by atoms with Gasteiger partial charge in [-0.2, -0.15) is 0 Å². The molecule has 0 amide bonds. The number of nitrogen functional groups attached to an aromatic ring is 2. The van der Waals surface area contributed by atoms with Crippen LogP contribution in [0.25, 0.3) is 0 Å². The Kier molecular flexibility index (Phi) is 3.11. The number of hydrogen-bond acceptors (Lipinski definition) is 3. The first-order valence-corrected chi connectivity index (χ1v) is 5.62. The van der Waals surface area contributed by atoms with E-state index in [1.807, 2.05) is 12.1 Å². The van der Waals surface area contributed by atoms with Crippen molar-refractivity contribution in [1.29, 1.82) is 0 Å². The van der Waals surface area contributed by atoms with Crippen molar-refractivity contribution in [2.75, 3.05) is 24.6 Å². The van der Waals surface area contributed by atoms with Gasteiger partial charge < -0.3 is 11.5 Å². The molecule has 0 atom stereocenters. The number of para-hydroxylation sites is 1. The van der Waals surface area contributed by atoms with Gasteiger partial charge in [-0.3, -0.25) is 4.90 Å². The topological polar surface area (TPSA) is 55.3 Å². The minimum Gasteiger partial charge on any atom is -0.397 e. The van der Waals surface area contributed by atoms with Crippen LogP contribution in [0.3, 0.4) is 0 Å². The van der Waals surface area contributed by atoms with Crippen LogP contribution in [0, 0.1) is 0 Å². The normalized spacial score (nSPS) is 17.9. The van der Waals surface area contributed by atoms with Gasteiger partial charge in [-0.1, -0.05) is 18.6 Å². The van der Waals surface area contributed by atoms with E-state index in [1.54, 1.807) is 0 Å². The van der Waals surface area contributed by atoms with Gasteiger partial charge in [-0.25, -0.2) is 0 Å². The Morgan fingerprint density at radius 1 is 1.07 bits per heavy atom. The maximum Gasteiger partial charge on any atom is 0.0593 e. The Morgan fingerprint density at radius 2 is 1.80 bits per heavy atom. The first-order valence-electron chi connectivity index (χ1n) is 5.62. The SMILES string of the molecule is Nc1cccc(CN2CCCCC2)c1N. The van der Waals surface area contributed by atoms with Crippen LogP contribution in [0.2, 0.25) is 0 Å². The molecule has 3 nitrogen and oxygen atoms in total. The highest BCUT2D eigenvalue weighted by molar-refractivity contribution is 5.67. The van der Waals surface area contributed by atoms with Crippen molar-refractivity contribution >= 4 is 11.4 Å². The predicted octanol–water partition coefficient (Wildman–Crippen LogP) is 1.84. The van der Waals surface area contributed by atoms with E-state index in [2.05, 4.69) is 11.0 Å². The van der Waals surface area contributed by atoms with Crippen molar-refractivity contribution in [1.82, 2.24) is 4.90 Å². The van der Waals surface area contributed by atoms with Gasteiger partial charge in [0, 0.05) is 6.54 Å². The standard InChI is InChI=1S/C12H19N3/c13-11-6-4-5-10(12(11)14)9-15-7-2-1-3-8-15/h4-6H,1-3,7-9,13-14H2. The van der Waals surface area contributed by atoms with E-state index < -0.39 is 0 Å². The minimum atomic E-state index is 0.699. The molecule has 2 rings (SSSR count). The van der Waals surface area contributed by atoms with Crippen LogP contribution in [0.1, 0.15) is 24.8 Å². The lowest BCUT2D eigenvalue weighted by Crippen LogP contribution is -2.29. The number of anilines is 2. The summed E-state index contributed by atoms with van der Waals surface area (Å²) in [6, 6.07) is 5.90. The molecule has 4 N–H and O–H groups in total. The van der Waals surface area contributed by atoms with Crippen molar-refractivity contribution in [3.63, 3.8) is 0 Å². The van der Waals surface area contributed by atoms with Crippen LogP contribution in [0.4, 0.5) is 11.4 Å². The van der Waals surface area contributed by atoms with E-state index in [9.17, 15) is 0 Å². The van der Waals surface area contributed by atoms with Crippen LogP contribution in [-0.4, -0.2) is 18.0 Å². The highest BCUT2D eigenvalue weighted by Gasteiger charge is 2.12. The van der Waals surface area contributed by atoms with Crippen molar-refractivity contribution < 1.29 is 0 Å². The quantitative estimate of drug-likeness (QED) is 0.724. The van der Waals surface area contributed by atoms with Crippen molar-refractivity contribution in [3.05, 3.63) is 23.8 Å². The second-order valence-corrected chi connectivity index (χ2v) is 4.26. The molecule has 0 radical (unpaired) electrons. The molecule has 0 bridgehead atoms. The van der Waals surface area contributed by atoms with Gasteiger partial charge in [0.1, 0.15) is 0 Å². The molecule has 1 heterocycles. The van der Waals surface area contributed by atoms with Crippen LogP contribution in [0.5, 0.6) is 0 Å². The Morgan fingerprint density at radius 3 is 2.53 bits per heavy atom. The number of nitrogens with two attached hydrogens (primary N) is 2. The number of benzene rings is 1. The van der Waals surface area contributed by atoms with E-state index in [0.717, 1.165) is 17.8 Å². The zero-order chi connectivity index (χ0) is 10.7. The summed E-state index contributed by atoms with van der Waals surface area (Å²) in [5.74, 6) is 0. The van der Waals surface area contributed by atoms with Gasteiger partial charge in [0.05, 0.1) is 11.4 Å². The van der Waals surface area contributed by atoms with Crippen molar-refractivity contribution in [2.45, 2.75) is 25.8 Å². The number of likely N-dealkylation sites (tertiary alicyclic amines) is 1. The van der Waals surface area contributed by atoms with Gasteiger partial charge in [0.2, 0.25) is 0 Å². The molecule has 82 valence electrons. The molecule has 0 aliphatic carbocycles. The van der Waals surface area contributed by atoms with Gasteiger partial charge in [0.15, 0.2) is 0 Å². The third-order valence-corrected chi connectivity index (χ3v) is 3.07. The summed E-state index contributed by atoms with van der Waals surface area (Å²) in [6.07, 6.45) is 3.98. The van der Waals surface area contributed by atoms with Crippen LogP contribution < -0.4 is 11.5 Å². The summed E-state index contributed by atoms with van der Waals surface area (Å²) in [7, 11) is 0. The Balaban J connectivity index is 2.06. The Bertz CT molecular complexity index is 330. The first kappa shape index (κ1) is 10.3. The molecule has 1 aromatic rings. The summed E-state index contributed by atoms with van der Waals surface area (Å²) < 4.78 is 0. The predicted molar refractivity (Wildman–Crippen MR) is 64.4 cm³/mol. The van der Waals surface area contributed by atoms with Crippen LogP contribution >= 0.6 is 0 Å². The second kappa shape index (κ2) is 4.53. The fourth-order valence-electron chi connectivity index (χ4n) is 2.13. The molecule has 0 saturated carbocycles. The van der Waals surface area contributed by atoms with Crippen molar-refractivity contribution in [3.8, 4) is 0 Å². The number of hydrogen-bond donors (Lipinski definition) is 2. The van der Waals surface area contributed by atoms with Crippen LogP contribution in [-0.2, 0) is 6.54 Å². The lowest BCUT2D eigenvalue weighted by atomic mass is 10.1. The smallest absolute Gasteiger partial charge is 0.0593 e. The fourth-order valence-corrected chi connectivity index (χ4v) is 2.13. The zero-order valence-corrected chi connectivity index (χ0v) is 9.08. The lowest BCUT2D eigenvalue weighted by Gasteiger charge is -2.27. The monoisotopic (exact) mass is 205 g/mol. The van der Waals surface area contributed by atoms with Gasteiger partial charge in [-0.05, 0) is 37.6 Å². The molecule has 15 heavy (non-hydrogen) atoms. The average Bonchev–Trinajstić information content (AvgIpc) is 2.26. The summed E-state index contributed by atoms with van der Waals surface area (Å²) in [5.41, 5.74) is 14.3. The largest absolute Gasteiger partial charge is 0.397 e. The van der Waals surface area contributed by atoms with Gasteiger partial charge >= 0.3 is 0 Å². The third-order valence-electron chi connectivity index (χ3n) is 3.07. The van der Waals surface area contributed by atoms with E-state index in [4.69, 9.17) is 11.5 Å². The highest BCUT2D eigenvalue weighted by Crippen LogP contribution is 2.22. The zero-order valence-electron chi connectivity index (χ0n) is 9.08. The molecule has 1 fully saturated rings. The maximum atomic E-state index is 5.95. The molecular weight excluding hydrogens is 186 g/mol. The maximum absolute atomic E-state index is 5.95. The molecule has 1 saturated heterocycles. The average molecular weight is 205 g/mol. The van der Waals surface area contributed by atoms with E-state index in [0.29, 0.717) is 5.69 Å². The molecule has 0 unspecified atom stereocenters. The summed E-state index contributed by atoms with van der Waals surface area (Å²) >= 11 is 0. The second-order valence-electron chi connectivity index (χ2n) is 4.26. The molecule has 1 aliphatic heterocycles. The lowest BCUT2D eigenvalue weighted by molar-refractivity contribution is 0.221. The third kappa shape index (κ3) is 2.42. The van der Waals surface area contributed by atoms with Gasteiger partial charge in [0.25, 0.3) is 0 Å². The summed E-state index contributed by atoms with van der Waals surface area (Å²) in [5, 5.41) is 0. The fraction of sp³-hybridized carbons (Fsp3) is 0.500. The van der Waals surface area contributed by atoms with E-state index >= 15 is 0 Å². The van der Waals surface area contributed by atoms with Gasteiger partial charge in [-0.15, -0.1) is 0 Å². The first-order chi connectivity index (χ1) is 7.27. The summed E-state index contributed by atoms with van der Waals surface area (Å²) in [6.45, 7) is 3.32. The molecular formula is C12H19N3. The van der Waals surface area contributed by atoms with Crippen molar-refractivity contribution in [2.24, 2.45) is 0 Å². The molecule has 1 aromatic carbocycles. The van der Waals surface area contributed by atoms with E-state index in [1.165, 1.54) is 32.4 Å².